The number of aryl methyl sites for hydroxylation is 1. The maximum Gasteiger partial charge on any atom is 0.252 e. The fourth-order valence-corrected chi connectivity index (χ4v) is 13.0. The molecule has 64 heavy (non-hydrogen) atoms. The molecule has 2 atom stereocenters. The predicted octanol–water partition coefficient (Wildman–Crippen LogP) is 14.4. The van der Waals surface area contributed by atoms with Crippen LogP contribution in [0.25, 0.3) is 0 Å². The number of fused-ring (bicyclic) bond motifs is 3. The third-order valence-corrected chi connectivity index (χ3v) is 16.9. The summed E-state index contributed by atoms with van der Waals surface area (Å²) in [5, 5.41) is 0. The molecule has 326 valence electrons. The maximum absolute atomic E-state index is 2.82. The molecule has 4 heterocycles. The lowest BCUT2D eigenvalue weighted by molar-refractivity contribution is 0.195. The molecule has 4 aliphatic heterocycles. The van der Waals surface area contributed by atoms with E-state index in [1.165, 1.54) is 120 Å². The highest BCUT2D eigenvalue weighted by atomic mass is 15.3. The number of hydrogen-bond donors (Lipinski definition) is 0. The SMILES string of the molecule is Cc1cc2c3c(c1)C(C)(C)c1cccc4c1B3c1c(cc(N3c5ccc(C(C)(C)C)cc5C5(C)CCCCC35C)cc1N2c1ccc(C(C)(C)C)cc1)N4c1ccc(C(C)(C)C)cc1. The van der Waals surface area contributed by atoms with E-state index in [1.54, 1.807) is 0 Å². The Balaban J connectivity index is 1.26. The standard InChI is InChI=1S/C60H68BN3/c1-37-32-46-53-49(33-37)63(42-27-22-39(23-28-42)56(5,6)7)51-36-43(64-47-29-24-40(57(8,9)10)34-45(47)59(13)30-15-16-31-60(59,64)14)35-50-54(51)61(53)52-44(58(46,11)12)18-17-19-48(52)62(50)41-25-20-38(21-26-41)55(2,3)4/h17-29,32-36H,15-16,30-31H2,1-14H3. The van der Waals surface area contributed by atoms with Crippen LogP contribution in [0.4, 0.5) is 45.5 Å². The maximum atomic E-state index is 2.82. The summed E-state index contributed by atoms with van der Waals surface area (Å²) in [5.41, 5.74) is 24.4. The monoisotopic (exact) mass is 842 g/mol. The topological polar surface area (TPSA) is 9.72 Å². The fourth-order valence-electron chi connectivity index (χ4n) is 13.0. The van der Waals surface area contributed by atoms with E-state index in [1.807, 2.05) is 0 Å². The van der Waals surface area contributed by atoms with Gasteiger partial charge in [0.1, 0.15) is 0 Å². The second-order valence-electron chi connectivity index (χ2n) is 24.3. The molecule has 6 aromatic carbocycles. The van der Waals surface area contributed by atoms with Gasteiger partial charge >= 0.3 is 0 Å². The number of rotatable bonds is 3. The minimum absolute atomic E-state index is 0.00892. The van der Waals surface area contributed by atoms with Gasteiger partial charge in [0.2, 0.25) is 0 Å². The molecule has 0 spiro atoms. The van der Waals surface area contributed by atoms with Gasteiger partial charge in [0, 0.05) is 56.3 Å². The van der Waals surface area contributed by atoms with E-state index >= 15 is 0 Å². The molecule has 4 heteroatoms. The summed E-state index contributed by atoms with van der Waals surface area (Å²) < 4.78 is 0. The number of hydrogen-bond acceptors (Lipinski definition) is 3. The van der Waals surface area contributed by atoms with Gasteiger partial charge in [-0.05, 0) is 153 Å². The average molecular weight is 842 g/mol. The molecule has 5 aliphatic rings. The van der Waals surface area contributed by atoms with Crippen molar-refractivity contribution in [2.75, 3.05) is 14.7 Å². The molecule has 1 fully saturated rings. The Morgan fingerprint density at radius 3 is 1.55 bits per heavy atom. The molecule has 0 amide bonds. The normalized spacial score (nSPS) is 21.5. The van der Waals surface area contributed by atoms with Crippen LogP contribution in [-0.4, -0.2) is 12.3 Å². The minimum atomic E-state index is -0.193. The molecule has 1 saturated carbocycles. The molecule has 1 aliphatic carbocycles. The molecule has 0 saturated heterocycles. The molecule has 0 N–H and O–H groups in total. The van der Waals surface area contributed by atoms with Gasteiger partial charge < -0.3 is 14.7 Å². The average Bonchev–Trinajstić information content (AvgIpc) is 3.44. The first-order valence-electron chi connectivity index (χ1n) is 24.3. The summed E-state index contributed by atoms with van der Waals surface area (Å²) >= 11 is 0. The van der Waals surface area contributed by atoms with E-state index in [-0.39, 0.29) is 39.3 Å². The smallest absolute Gasteiger partial charge is 0.252 e. The van der Waals surface area contributed by atoms with Crippen molar-refractivity contribution in [1.29, 1.82) is 0 Å². The van der Waals surface area contributed by atoms with Gasteiger partial charge in [-0.3, -0.25) is 0 Å². The van der Waals surface area contributed by atoms with Crippen molar-refractivity contribution in [1.82, 2.24) is 0 Å². The zero-order valence-electron chi connectivity index (χ0n) is 41.1. The van der Waals surface area contributed by atoms with E-state index in [0.29, 0.717) is 0 Å². The van der Waals surface area contributed by atoms with Crippen molar-refractivity contribution in [3.05, 3.63) is 148 Å². The highest BCUT2D eigenvalue weighted by molar-refractivity contribution is 7.01. The predicted molar refractivity (Wildman–Crippen MR) is 276 cm³/mol. The first-order valence-corrected chi connectivity index (χ1v) is 24.3. The number of benzene rings is 6. The van der Waals surface area contributed by atoms with E-state index in [4.69, 9.17) is 0 Å². The van der Waals surface area contributed by atoms with Crippen LogP contribution in [0.5, 0.6) is 0 Å². The summed E-state index contributed by atoms with van der Waals surface area (Å²) in [6.07, 6.45) is 4.85. The highest BCUT2D eigenvalue weighted by Crippen LogP contribution is 2.62. The van der Waals surface area contributed by atoms with Crippen LogP contribution in [0, 0.1) is 6.92 Å². The van der Waals surface area contributed by atoms with Crippen molar-refractivity contribution in [3.63, 3.8) is 0 Å². The van der Waals surface area contributed by atoms with Crippen LogP contribution in [0.15, 0.2) is 109 Å². The Morgan fingerprint density at radius 2 is 0.969 bits per heavy atom. The van der Waals surface area contributed by atoms with Gasteiger partial charge in [-0.2, -0.15) is 0 Å². The van der Waals surface area contributed by atoms with Crippen molar-refractivity contribution >= 4 is 68.6 Å². The van der Waals surface area contributed by atoms with Gasteiger partial charge in [-0.1, -0.05) is 151 Å². The molecule has 11 rings (SSSR count). The van der Waals surface area contributed by atoms with Crippen LogP contribution < -0.4 is 31.1 Å². The van der Waals surface area contributed by atoms with E-state index in [0.717, 1.165) is 6.42 Å². The van der Waals surface area contributed by atoms with Crippen molar-refractivity contribution in [3.8, 4) is 0 Å². The van der Waals surface area contributed by atoms with Crippen molar-refractivity contribution in [2.45, 2.75) is 155 Å². The largest absolute Gasteiger partial charge is 0.334 e. The minimum Gasteiger partial charge on any atom is -0.334 e. The lowest BCUT2D eigenvalue weighted by Crippen LogP contribution is -2.67. The molecule has 3 nitrogen and oxygen atoms in total. The Labute approximate surface area is 385 Å². The van der Waals surface area contributed by atoms with Crippen LogP contribution in [0.2, 0.25) is 0 Å². The van der Waals surface area contributed by atoms with Gasteiger partial charge in [0.15, 0.2) is 0 Å². The molecular formula is C60H68BN3. The van der Waals surface area contributed by atoms with Gasteiger partial charge in [0.25, 0.3) is 6.71 Å². The van der Waals surface area contributed by atoms with E-state index in [2.05, 4.69) is 221 Å². The van der Waals surface area contributed by atoms with Crippen LogP contribution in [0.1, 0.15) is 155 Å². The van der Waals surface area contributed by atoms with Gasteiger partial charge in [-0.25, -0.2) is 0 Å². The van der Waals surface area contributed by atoms with Gasteiger partial charge in [-0.15, -0.1) is 0 Å². The van der Waals surface area contributed by atoms with Crippen LogP contribution in [-0.2, 0) is 27.1 Å². The lowest BCUT2D eigenvalue weighted by Gasteiger charge is -2.52. The molecule has 6 aromatic rings. The summed E-state index contributed by atoms with van der Waals surface area (Å²) in [7, 11) is 0. The third-order valence-electron chi connectivity index (χ3n) is 16.9. The lowest BCUT2D eigenvalue weighted by atomic mass is 9.28. The van der Waals surface area contributed by atoms with Gasteiger partial charge in [0.05, 0.1) is 5.54 Å². The van der Waals surface area contributed by atoms with E-state index < -0.39 is 0 Å². The zero-order valence-corrected chi connectivity index (χ0v) is 41.1. The Kier molecular flexibility index (Phi) is 8.56. The quantitative estimate of drug-likeness (QED) is 0.164. The molecule has 0 bridgehead atoms. The zero-order chi connectivity index (χ0) is 45.3. The molecule has 0 radical (unpaired) electrons. The Morgan fingerprint density at radius 1 is 0.453 bits per heavy atom. The Bertz CT molecular complexity index is 2920. The summed E-state index contributed by atoms with van der Waals surface area (Å²) in [6.45, 7) is 33.5. The fraction of sp³-hybridized carbons (Fsp3) is 0.400. The van der Waals surface area contributed by atoms with Crippen LogP contribution in [0.3, 0.4) is 0 Å². The highest BCUT2D eigenvalue weighted by Gasteiger charge is 2.59. The third kappa shape index (κ3) is 5.59. The molecule has 0 aromatic heterocycles. The second kappa shape index (κ2) is 13.2. The van der Waals surface area contributed by atoms with Crippen molar-refractivity contribution in [2.24, 2.45) is 0 Å². The summed E-state index contributed by atoms with van der Waals surface area (Å²) in [6, 6.07) is 43.9. The first-order chi connectivity index (χ1) is 30.0. The molecule has 2 unspecified atom stereocenters. The van der Waals surface area contributed by atoms with Crippen molar-refractivity contribution < 1.29 is 0 Å². The Hall–Kier alpha value is -5.22. The number of nitrogens with zero attached hydrogens (tertiary/aromatic N) is 3. The summed E-state index contributed by atoms with van der Waals surface area (Å²) in [5.74, 6) is 0. The van der Waals surface area contributed by atoms with E-state index in [9.17, 15) is 0 Å². The van der Waals surface area contributed by atoms with Crippen LogP contribution >= 0.6 is 0 Å². The summed E-state index contributed by atoms with van der Waals surface area (Å²) in [4.78, 5) is 8.13. The first kappa shape index (κ1) is 41.5. The number of anilines is 8. The molecular weight excluding hydrogens is 773 g/mol. The second-order valence-corrected chi connectivity index (χ2v) is 24.3.